The molecule has 0 amide bonds. The van der Waals surface area contributed by atoms with Gasteiger partial charge in [0.05, 0.1) is 11.1 Å². The molecule has 0 aliphatic rings. The fourth-order valence-electron chi connectivity index (χ4n) is 1.71. The molecule has 2 aromatic heterocycles. The first-order chi connectivity index (χ1) is 9.24. The summed E-state index contributed by atoms with van der Waals surface area (Å²) in [5.41, 5.74) is 1.47. The molecule has 0 spiro atoms. The molecular formula is C11H9N5O3. The van der Waals surface area contributed by atoms with E-state index in [-0.39, 0.29) is 17.2 Å². The van der Waals surface area contributed by atoms with Crippen molar-refractivity contribution in [3.63, 3.8) is 0 Å². The molecule has 0 aliphatic carbocycles. The van der Waals surface area contributed by atoms with E-state index in [0.29, 0.717) is 12.1 Å². The number of nitro groups is 1. The van der Waals surface area contributed by atoms with Crippen LogP contribution in [-0.4, -0.2) is 20.1 Å². The average molecular weight is 259 g/mol. The molecule has 0 unspecified atom stereocenters. The monoisotopic (exact) mass is 259 g/mol. The van der Waals surface area contributed by atoms with Gasteiger partial charge in [-0.05, 0) is 6.07 Å². The van der Waals surface area contributed by atoms with Crippen LogP contribution < -0.4 is 5.32 Å². The molecule has 2 heterocycles. The lowest BCUT2D eigenvalue weighted by Gasteiger charge is -1.96. The molecule has 0 saturated heterocycles. The molecule has 1 aromatic carbocycles. The topological polar surface area (TPSA) is 110 Å². The number of hydrogen-bond acceptors (Lipinski definition) is 6. The van der Waals surface area contributed by atoms with E-state index in [4.69, 9.17) is 4.42 Å². The molecule has 0 atom stereocenters. The Kier molecular flexibility index (Phi) is 2.60. The van der Waals surface area contributed by atoms with Gasteiger partial charge in [0.2, 0.25) is 0 Å². The Labute approximate surface area is 106 Å². The molecule has 3 rings (SSSR count). The molecule has 0 saturated carbocycles. The van der Waals surface area contributed by atoms with Crippen LogP contribution in [-0.2, 0) is 6.54 Å². The summed E-state index contributed by atoms with van der Waals surface area (Å²) in [7, 11) is 0. The number of aromatic nitrogens is 3. The number of benzene rings is 1. The molecule has 0 aliphatic heterocycles. The predicted octanol–water partition coefficient (Wildman–Crippen LogP) is 2.07. The van der Waals surface area contributed by atoms with Crippen LogP contribution in [0.4, 0.5) is 11.7 Å². The third-order valence-electron chi connectivity index (χ3n) is 2.59. The van der Waals surface area contributed by atoms with Gasteiger partial charge in [0.1, 0.15) is 0 Å². The fraction of sp³-hybridized carbons (Fsp3) is 0.0909. The highest BCUT2D eigenvalue weighted by Gasteiger charge is 2.17. The van der Waals surface area contributed by atoms with Crippen molar-refractivity contribution >= 4 is 22.8 Å². The van der Waals surface area contributed by atoms with E-state index in [2.05, 4.69) is 20.5 Å². The van der Waals surface area contributed by atoms with Crippen molar-refractivity contribution in [2.75, 3.05) is 5.32 Å². The number of fused-ring (bicyclic) bond motifs is 1. The summed E-state index contributed by atoms with van der Waals surface area (Å²) < 4.78 is 5.40. The third-order valence-corrected chi connectivity index (χ3v) is 2.59. The number of para-hydroxylation sites is 1. The van der Waals surface area contributed by atoms with Crippen molar-refractivity contribution in [3.8, 4) is 0 Å². The quantitative estimate of drug-likeness (QED) is 0.548. The zero-order valence-electron chi connectivity index (χ0n) is 9.66. The van der Waals surface area contributed by atoms with Crippen molar-refractivity contribution < 1.29 is 9.34 Å². The molecule has 2 N–H and O–H groups in total. The minimum Gasteiger partial charge on any atom is -0.423 e. The van der Waals surface area contributed by atoms with Gasteiger partial charge in [-0.3, -0.25) is 15.2 Å². The van der Waals surface area contributed by atoms with Gasteiger partial charge in [0.25, 0.3) is 11.7 Å². The number of non-ortho nitro benzene ring substituents is 1. The summed E-state index contributed by atoms with van der Waals surface area (Å²) in [4.78, 5) is 14.5. The highest BCUT2D eigenvalue weighted by atomic mass is 16.6. The third kappa shape index (κ3) is 2.10. The molecule has 19 heavy (non-hydrogen) atoms. The van der Waals surface area contributed by atoms with E-state index >= 15 is 0 Å². The van der Waals surface area contributed by atoms with Gasteiger partial charge in [-0.25, -0.2) is 0 Å². The Bertz CT molecular complexity index is 719. The molecule has 0 bridgehead atoms. The van der Waals surface area contributed by atoms with Gasteiger partial charge >= 0.3 is 0 Å². The fourth-order valence-corrected chi connectivity index (χ4v) is 1.71. The number of hydrogen-bond donors (Lipinski definition) is 2. The summed E-state index contributed by atoms with van der Waals surface area (Å²) in [5.74, 6) is 0. The van der Waals surface area contributed by atoms with Crippen LogP contribution in [0.2, 0.25) is 0 Å². The first-order valence-electron chi connectivity index (χ1n) is 5.49. The number of nitro benzene ring substituents is 1. The Morgan fingerprint density at radius 1 is 1.47 bits per heavy atom. The van der Waals surface area contributed by atoms with Crippen molar-refractivity contribution in [1.82, 2.24) is 15.2 Å². The van der Waals surface area contributed by atoms with Gasteiger partial charge in [-0.1, -0.05) is 6.07 Å². The van der Waals surface area contributed by atoms with Crippen molar-refractivity contribution in [2.24, 2.45) is 0 Å². The molecule has 0 fully saturated rings. The van der Waals surface area contributed by atoms with E-state index < -0.39 is 4.92 Å². The Morgan fingerprint density at radius 3 is 3.11 bits per heavy atom. The summed E-state index contributed by atoms with van der Waals surface area (Å²) >= 11 is 0. The predicted molar refractivity (Wildman–Crippen MR) is 66.6 cm³/mol. The molecule has 0 radical (unpaired) electrons. The number of oxazole rings is 1. The maximum Gasteiger partial charge on any atom is 0.298 e. The second-order valence-corrected chi connectivity index (χ2v) is 3.86. The first-order valence-corrected chi connectivity index (χ1v) is 5.49. The number of rotatable bonds is 4. The largest absolute Gasteiger partial charge is 0.423 e. The Balaban J connectivity index is 1.89. The molecule has 96 valence electrons. The van der Waals surface area contributed by atoms with Gasteiger partial charge in [-0.2, -0.15) is 10.1 Å². The van der Waals surface area contributed by atoms with Crippen LogP contribution in [0.3, 0.4) is 0 Å². The van der Waals surface area contributed by atoms with Crippen LogP contribution in [0.5, 0.6) is 0 Å². The second-order valence-electron chi connectivity index (χ2n) is 3.86. The highest BCUT2D eigenvalue weighted by Crippen LogP contribution is 2.27. The average Bonchev–Trinajstić information content (AvgIpc) is 3.04. The van der Waals surface area contributed by atoms with Gasteiger partial charge in [0.15, 0.2) is 11.1 Å². The molecule has 8 heteroatoms. The van der Waals surface area contributed by atoms with E-state index in [1.54, 1.807) is 24.5 Å². The maximum absolute atomic E-state index is 10.9. The SMILES string of the molecule is O=[N+]([O-])c1cccc2oc(NCc3cn[nH]c3)nc12. The van der Waals surface area contributed by atoms with E-state index in [1.807, 2.05) is 0 Å². The van der Waals surface area contributed by atoms with Gasteiger partial charge in [-0.15, -0.1) is 0 Å². The van der Waals surface area contributed by atoms with Crippen molar-refractivity contribution in [3.05, 3.63) is 46.3 Å². The summed E-state index contributed by atoms with van der Waals surface area (Å²) in [6.07, 6.45) is 3.40. The minimum atomic E-state index is -0.481. The molecule has 8 nitrogen and oxygen atoms in total. The number of aromatic amines is 1. The van der Waals surface area contributed by atoms with Crippen LogP contribution in [0.25, 0.3) is 11.1 Å². The number of anilines is 1. The van der Waals surface area contributed by atoms with Gasteiger partial charge in [0, 0.05) is 24.4 Å². The van der Waals surface area contributed by atoms with Crippen molar-refractivity contribution in [2.45, 2.75) is 6.54 Å². The lowest BCUT2D eigenvalue weighted by molar-refractivity contribution is -0.383. The summed E-state index contributed by atoms with van der Waals surface area (Å²) in [5, 5.41) is 20.3. The van der Waals surface area contributed by atoms with Crippen LogP contribution in [0.15, 0.2) is 35.0 Å². The van der Waals surface area contributed by atoms with E-state index in [1.165, 1.54) is 6.07 Å². The van der Waals surface area contributed by atoms with Gasteiger partial charge < -0.3 is 9.73 Å². The summed E-state index contributed by atoms with van der Waals surface area (Å²) in [6.45, 7) is 0.469. The smallest absolute Gasteiger partial charge is 0.298 e. The standard InChI is InChI=1S/C11H9N5O3/c17-16(18)8-2-1-3-9-10(8)15-11(19-9)12-4-7-5-13-14-6-7/h1-3,5-6H,4H2,(H,12,15)(H,13,14). The zero-order chi connectivity index (χ0) is 13.2. The lowest BCUT2D eigenvalue weighted by atomic mass is 10.3. The highest BCUT2D eigenvalue weighted by molar-refractivity contribution is 5.83. The number of H-pyrrole nitrogens is 1. The van der Waals surface area contributed by atoms with E-state index in [0.717, 1.165) is 5.56 Å². The second kappa shape index (κ2) is 4.41. The molecule has 3 aromatic rings. The van der Waals surface area contributed by atoms with Crippen molar-refractivity contribution in [1.29, 1.82) is 0 Å². The number of nitrogens with zero attached hydrogens (tertiary/aromatic N) is 3. The number of nitrogens with one attached hydrogen (secondary N) is 2. The zero-order valence-corrected chi connectivity index (χ0v) is 9.66. The summed E-state index contributed by atoms with van der Waals surface area (Å²) in [6, 6.07) is 4.83. The first kappa shape index (κ1) is 11.2. The molecular weight excluding hydrogens is 250 g/mol. The Morgan fingerprint density at radius 2 is 2.37 bits per heavy atom. The normalized spacial score (nSPS) is 10.7. The minimum absolute atomic E-state index is 0.0717. The van der Waals surface area contributed by atoms with E-state index in [9.17, 15) is 10.1 Å². The lowest BCUT2D eigenvalue weighted by Crippen LogP contribution is -1.98. The van der Waals surface area contributed by atoms with Crippen LogP contribution in [0.1, 0.15) is 5.56 Å². The van der Waals surface area contributed by atoms with Crippen LogP contribution in [0, 0.1) is 10.1 Å². The van der Waals surface area contributed by atoms with Crippen LogP contribution >= 0.6 is 0 Å². The maximum atomic E-state index is 10.9. The Hall–Kier alpha value is -2.90.